The van der Waals surface area contributed by atoms with Crippen LogP contribution >= 0.6 is 0 Å². The Labute approximate surface area is 110 Å². The second-order valence-corrected chi connectivity index (χ2v) is 4.91. The Bertz CT molecular complexity index is 361. The smallest absolute Gasteiger partial charge is 0.0608 e. The highest BCUT2D eigenvalue weighted by atomic mass is 16.5. The first-order valence-electron chi connectivity index (χ1n) is 7.11. The summed E-state index contributed by atoms with van der Waals surface area (Å²) in [6, 6.07) is 4.56. The number of ether oxygens (including phenoxy) is 1. The van der Waals surface area contributed by atoms with Crippen molar-refractivity contribution in [1.82, 2.24) is 10.3 Å². The largest absolute Gasteiger partial charge is 0.381 e. The molecule has 1 aromatic heterocycles. The van der Waals surface area contributed by atoms with Crippen LogP contribution in [0.2, 0.25) is 0 Å². The number of hydrogen-bond donors (Lipinski definition) is 1. The number of nitrogens with zero attached hydrogens (tertiary/aromatic N) is 1. The number of hydrogen-bond acceptors (Lipinski definition) is 3. The lowest BCUT2D eigenvalue weighted by atomic mass is 9.89. The van der Waals surface area contributed by atoms with E-state index in [9.17, 15) is 0 Å². The molecule has 1 saturated heterocycles. The van der Waals surface area contributed by atoms with E-state index in [4.69, 9.17) is 4.74 Å². The summed E-state index contributed by atoms with van der Waals surface area (Å²) in [5, 5.41) is 3.60. The highest BCUT2D eigenvalue weighted by molar-refractivity contribution is 5.23. The average Bonchev–Trinajstić information content (AvgIpc) is 2.46. The van der Waals surface area contributed by atoms with Gasteiger partial charge in [0, 0.05) is 18.7 Å². The van der Waals surface area contributed by atoms with E-state index in [1.807, 2.05) is 12.3 Å². The summed E-state index contributed by atoms with van der Waals surface area (Å²) in [4.78, 5) is 4.63. The van der Waals surface area contributed by atoms with Gasteiger partial charge in [0.05, 0.1) is 18.3 Å². The molecule has 3 nitrogen and oxygen atoms in total. The normalized spacial score (nSPS) is 21.8. The van der Waals surface area contributed by atoms with E-state index in [0.29, 0.717) is 12.0 Å². The number of aryl methyl sites for hydroxylation is 1. The number of aromatic nitrogens is 1. The minimum Gasteiger partial charge on any atom is -0.381 e. The molecule has 2 atom stereocenters. The molecule has 0 spiro atoms. The summed E-state index contributed by atoms with van der Waals surface area (Å²) in [7, 11) is 0. The van der Waals surface area contributed by atoms with Gasteiger partial charge in [-0.15, -0.1) is 0 Å². The molecule has 0 bridgehead atoms. The first kappa shape index (κ1) is 13.5. The van der Waals surface area contributed by atoms with Crippen LogP contribution in [0.15, 0.2) is 18.3 Å². The fraction of sp³-hybridized carbons (Fsp3) is 0.667. The molecule has 0 radical (unpaired) electrons. The highest BCUT2D eigenvalue weighted by Gasteiger charge is 2.27. The predicted molar refractivity (Wildman–Crippen MR) is 73.6 cm³/mol. The Morgan fingerprint density at radius 2 is 2.39 bits per heavy atom. The van der Waals surface area contributed by atoms with Gasteiger partial charge in [-0.05, 0) is 37.4 Å². The lowest BCUT2D eigenvalue weighted by molar-refractivity contribution is 0.0385. The van der Waals surface area contributed by atoms with E-state index in [1.165, 1.54) is 24.1 Å². The van der Waals surface area contributed by atoms with Crippen molar-refractivity contribution in [2.45, 2.75) is 39.2 Å². The third-order valence-electron chi connectivity index (χ3n) is 3.69. The van der Waals surface area contributed by atoms with Gasteiger partial charge >= 0.3 is 0 Å². The van der Waals surface area contributed by atoms with E-state index < -0.39 is 0 Å². The first-order chi connectivity index (χ1) is 8.86. The summed E-state index contributed by atoms with van der Waals surface area (Å²) in [6.45, 7) is 7.10. The molecular weight excluding hydrogens is 224 g/mol. The maximum atomic E-state index is 5.64. The minimum absolute atomic E-state index is 0.339. The molecule has 1 aliphatic heterocycles. The van der Waals surface area contributed by atoms with Crippen molar-refractivity contribution in [3.05, 3.63) is 29.6 Å². The summed E-state index contributed by atoms with van der Waals surface area (Å²) < 4.78 is 5.64. The van der Waals surface area contributed by atoms with Gasteiger partial charge in [-0.2, -0.15) is 0 Å². The van der Waals surface area contributed by atoms with E-state index >= 15 is 0 Å². The fourth-order valence-corrected chi connectivity index (χ4v) is 2.76. The van der Waals surface area contributed by atoms with E-state index in [-0.39, 0.29) is 0 Å². The van der Waals surface area contributed by atoms with Crippen LogP contribution < -0.4 is 5.32 Å². The van der Waals surface area contributed by atoms with E-state index in [0.717, 1.165) is 26.2 Å². The van der Waals surface area contributed by atoms with Crippen LogP contribution in [0.3, 0.4) is 0 Å². The van der Waals surface area contributed by atoms with Crippen molar-refractivity contribution >= 4 is 0 Å². The quantitative estimate of drug-likeness (QED) is 0.870. The third kappa shape index (κ3) is 3.09. The molecule has 0 aromatic carbocycles. The molecular formula is C15H24N2O. The van der Waals surface area contributed by atoms with Gasteiger partial charge < -0.3 is 10.1 Å². The summed E-state index contributed by atoms with van der Waals surface area (Å²) in [6.07, 6.45) is 5.35. The molecule has 18 heavy (non-hydrogen) atoms. The van der Waals surface area contributed by atoms with Crippen LogP contribution in [-0.2, 0) is 11.2 Å². The summed E-state index contributed by atoms with van der Waals surface area (Å²) in [5.41, 5.74) is 2.58. The summed E-state index contributed by atoms with van der Waals surface area (Å²) in [5.74, 6) is 0.555. The SMILES string of the molecule is CCNC(c1ncccc1CC)C1CCCOC1. The van der Waals surface area contributed by atoms with Gasteiger partial charge in [0.2, 0.25) is 0 Å². The number of nitrogens with one attached hydrogen (secondary N) is 1. The predicted octanol–water partition coefficient (Wildman–Crippen LogP) is 2.72. The zero-order valence-corrected chi connectivity index (χ0v) is 11.5. The van der Waals surface area contributed by atoms with Crippen LogP contribution in [0, 0.1) is 5.92 Å². The molecule has 0 saturated carbocycles. The zero-order valence-electron chi connectivity index (χ0n) is 11.5. The lowest BCUT2D eigenvalue weighted by Crippen LogP contribution is -2.34. The van der Waals surface area contributed by atoms with Crippen LogP contribution in [0.25, 0.3) is 0 Å². The molecule has 2 heterocycles. The third-order valence-corrected chi connectivity index (χ3v) is 3.69. The second kappa shape index (κ2) is 6.86. The Hall–Kier alpha value is -0.930. The van der Waals surface area contributed by atoms with Crippen molar-refractivity contribution in [3.63, 3.8) is 0 Å². The van der Waals surface area contributed by atoms with Gasteiger partial charge in [-0.3, -0.25) is 4.98 Å². The lowest BCUT2D eigenvalue weighted by Gasteiger charge is -2.31. The summed E-state index contributed by atoms with van der Waals surface area (Å²) >= 11 is 0. The molecule has 1 aliphatic rings. The minimum atomic E-state index is 0.339. The van der Waals surface area contributed by atoms with Crippen LogP contribution in [0.5, 0.6) is 0 Å². The topological polar surface area (TPSA) is 34.2 Å². The molecule has 1 N–H and O–H groups in total. The van der Waals surface area contributed by atoms with E-state index in [1.54, 1.807) is 0 Å². The van der Waals surface area contributed by atoms with Crippen molar-refractivity contribution in [2.75, 3.05) is 19.8 Å². The number of pyridine rings is 1. The zero-order chi connectivity index (χ0) is 12.8. The van der Waals surface area contributed by atoms with Crippen LogP contribution in [0.1, 0.15) is 44.0 Å². The van der Waals surface area contributed by atoms with Crippen molar-refractivity contribution in [3.8, 4) is 0 Å². The van der Waals surface area contributed by atoms with Gasteiger partial charge in [-0.25, -0.2) is 0 Å². The van der Waals surface area contributed by atoms with Crippen molar-refractivity contribution in [2.24, 2.45) is 5.92 Å². The van der Waals surface area contributed by atoms with Crippen LogP contribution in [-0.4, -0.2) is 24.7 Å². The molecule has 2 rings (SSSR count). The monoisotopic (exact) mass is 248 g/mol. The van der Waals surface area contributed by atoms with Crippen LogP contribution in [0.4, 0.5) is 0 Å². The molecule has 0 aliphatic carbocycles. The number of rotatable bonds is 5. The maximum absolute atomic E-state index is 5.64. The van der Waals surface area contributed by atoms with Gasteiger partial charge in [0.25, 0.3) is 0 Å². The standard InChI is InChI=1S/C15H24N2O/c1-3-12-7-5-9-17-14(12)15(16-4-2)13-8-6-10-18-11-13/h5,7,9,13,15-16H,3-4,6,8,10-11H2,1-2H3. The van der Waals surface area contributed by atoms with Crippen molar-refractivity contribution < 1.29 is 4.74 Å². The van der Waals surface area contributed by atoms with Gasteiger partial charge in [0.15, 0.2) is 0 Å². The Kier molecular flexibility index (Phi) is 5.14. The highest BCUT2D eigenvalue weighted by Crippen LogP contribution is 2.29. The van der Waals surface area contributed by atoms with E-state index in [2.05, 4.69) is 30.2 Å². The Morgan fingerprint density at radius 1 is 1.50 bits per heavy atom. The Morgan fingerprint density at radius 3 is 3.06 bits per heavy atom. The maximum Gasteiger partial charge on any atom is 0.0608 e. The Balaban J connectivity index is 2.22. The van der Waals surface area contributed by atoms with Gasteiger partial charge in [-0.1, -0.05) is 19.9 Å². The molecule has 100 valence electrons. The molecule has 0 amide bonds. The van der Waals surface area contributed by atoms with Crippen molar-refractivity contribution in [1.29, 1.82) is 0 Å². The van der Waals surface area contributed by atoms with Gasteiger partial charge in [0.1, 0.15) is 0 Å². The molecule has 1 aromatic rings. The molecule has 2 unspecified atom stereocenters. The molecule has 3 heteroatoms. The fourth-order valence-electron chi connectivity index (χ4n) is 2.76. The average molecular weight is 248 g/mol. The second-order valence-electron chi connectivity index (χ2n) is 4.91. The first-order valence-corrected chi connectivity index (χ1v) is 7.11. The molecule has 1 fully saturated rings.